The maximum absolute atomic E-state index is 12.8. The van der Waals surface area contributed by atoms with Crippen LogP contribution >= 0.6 is 27.7 Å². The highest BCUT2D eigenvalue weighted by Gasteiger charge is 2.16. The Morgan fingerprint density at radius 1 is 1.18 bits per heavy atom. The predicted molar refractivity (Wildman–Crippen MR) is 113 cm³/mol. The first-order chi connectivity index (χ1) is 13.4. The summed E-state index contributed by atoms with van der Waals surface area (Å²) in [5.41, 5.74) is 1.18. The first kappa shape index (κ1) is 20.2. The van der Waals surface area contributed by atoms with E-state index in [2.05, 4.69) is 21.2 Å². The minimum absolute atomic E-state index is 0.0902. The van der Waals surface area contributed by atoms with Gasteiger partial charge in [0, 0.05) is 27.5 Å². The quantitative estimate of drug-likeness (QED) is 0.550. The largest absolute Gasteiger partial charge is 0.480 e. The van der Waals surface area contributed by atoms with Gasteiger partial charge in [-0.25, -0.2) is 0 Å². The van der Waals surface area contributed by atoms with Crippen molar-refractivity contribution in [2.24, 2.45) is 0 Å². The number of pyridine rings is 1. The average molecular weight is 461 g/mol. The molecule has 0 atom stereocenters. The lowest BCUT2D eigenvalue weighted by molar-refractivity contribution is -0.135. The molecule has 2 aromatic carbocycles. The number of aromatic nitrogens is 1. The Bertz CT molecular complexity index is 1110. The fourth-order valence-electron chi connectivity index (χ4n) is 2.84. The zero-order valence-electron chi connectivity index (χ0n) is 14.9. The average Bonchev–Trinajstić information content (AvgIpc) is 2.68. The molecule has 0 aliphatic carbocycles. The number of carboxylic acids is 1. The highest BCUT2D eigenvalue weighted by molar-refractivity contribution is 9.10. The van der Waals surface area contributed by atoms with Gasteiger partial charge in [-0.1, -0.05) is 28.1 Å². The molecule has 6 nitrogen and oxygen atoms in total. The van der Waals surface area contributed by atoms with Gasteiger partial charge in [0.2, 0.25) is 5.43 Å². The molecule has 1 heterocycles. The van der Waals surface area contributed by atoms with E-state index in [0.717, 1.165) is 14.9 Å². The van der Waals surface area contributed by atoms with Crippen molar-refractivity contribution in [1.82, 2.24) is 9.88 Å². The Hall–Kier alpha value is -2.58. The van der Waals surface area contributed by atoms with Crippen LogP contribution in [0.5, 0.6) is 0 Å². The number of hydrogen-bond donors (Lipinski definition) is 2. The number of benzene rings is 2. The minimum Gasteiger partial charge on any atom is -0.480 e. The van der Waals surface area contributed by atoms with Gasteiger partial charge in [-0.05, 0) is 42.2 Å². The van der Waals surface area contributed by atoms with E-state index in [4.69, 9.17) is 5.11 Å². The number of aliphatic carboxylic acids is 1. The molecule has 3 aromatic rings. The molecule has 3 rings (SSSR count). The molecule has 0 aliphatic rings. The van der Waals surface area contributed by atoms with Crippen LogP contribution in [0.25, 0.3) is 10.9 Å². The second-order valence-corrected chi connectivity index (χ2v) is 7.88. The van der Waals surface area contributed by atoms with Gasteiger partial charge in [-0.2, -0.15) is 0 Å². The predicted octanol–water partition coefficient (Wildman–Crippen LogP) is 3.35. The minimum atomic E-state index is -1.17. The van der Waals surface area contributed by atoms with E-state index in [-0.39, 0.29) is 5.56 Å². The summed E-state index contributed by atoms with van der Waals surface area (Å²) in [5.74, 6) is -1.88. The maximum atomic E-state index is 12.8. The Morgan fingerprint density at radius 3 is 2.54 bits per heavy atom. The fraction of sp³-hybridized carbons (Fsp3) is 0.150. The Kier molecular flexibility index (Phi) is 6.21. The van der Waals surface area contributed by atoms with Crippen LogP contribution in [-0.2, 0) is 11.3 Å². The van der Waals surface area contributed by atoms with Crippen LogP contribution in [0.1, 0.15) is 15.9 Å². The molecule has 0 spiro atoms. The summed E-state index contributed by atoms with van der Waals surface area (Å²) < 4.78 is 2.54. The lowest BCUT2D eigenvalue weighted by atomic mass is 10.1. The van der Waals surface area contributed by atoms with Crippen molar-refractivity contribution in [2.45, 2.75) is 11.4 Å². The Morgan fingerprint density at radius 2 is 1.89 bits per heavy atom. The number of carbonyl (C=O) groups is 2. The molecule has 1 amide bonds. The van der Waals surface area contributed by atoms with Gasteiger partial charge in [0.15, 0.2) is 0 Å². The van der Waals surface area contributed by atoms with E-state index < -0.39 is 23.9 Å². The van der Waals surface area contributed by atoms with Crippen LogP contribution in [0.15, 0.2) is 62.8 Å². The molecular formula is C20H17BrN2O4S. The first-order valence-corrected chi connectivity index (χ1v) is 10.4. The van der Waals surface area contributed by atoms with E-state index in [1.54, 1.807) is 17.8 Å². The lowest BCUT2D eigenvalue weighted by Crippen LogP contribution is -2.33. The van der Waals surface area contributed by atoms with Crippen LogP contribution in [0, 0.1) is 0 Å². The number of fused-ring (bicyclic) bond motifs is 1. The third kappa shape index (κ3) is 4.45. The number of rotatable bonds is 6. The second kappa shape index (κ2) is 8.62. The second-order valence-electron chi connectivity index (χ2n) is 6.09. The molecule has 2 N–H and O–H groups in total. The molecule has 0 saturated carbocycles. The van der Waals surface area contributed by atoms with E-state index in [9.17, 15) is 14.4 Å². The number of carboxylic acid groups (broad SMARTS) is 1. The number of amides is 1. The lowest BCUT2D eigenvalue weighted by Gasteiger charge is -2.14. The van der Waals surface area contributed by atoms with E-state index in [1.807, 2.05) is 47.2 Å². The van der Waals surface area contributed by atoms with Crippen LogP contribution < -0.4 is 10.7 Å². The maximum Gasteiger partial charge on any atom is 0.322 e. The highest BCUT2D eigenvalue weighted by Crippen LogP contribution is 2.20. The summed E-state index contributed by atoms with van der Waals surface area (Å²) in [6.45, 7) is -0.0861. The number of carbonyl (C=O) groups excluding carboxylic acids is 1. The third-order valence-corrected chi connectivity index (χ3v) is 5.44. The van der Waals surface area contributed by atoms with E-state index in [1.165, 1.54) is 6.20 Å². The summed E-state index contributed by atoms with van der Waals surface area (Å²) in [6.07, 6.45) is 3.49. The Labute approximate surface area is 173 Å². The van der Waals surface area contributed by atoms with Gasteiger partial charge in [-0.3, -0.25) is 14.4 Å². The summed E-state index contributed by atoms with van der Waals surface area (Å²) >= 11 is 5.01. The number of halogens is 1. The summed E-state index contributed by atoms with van der Waals surface area (Å²) in [4.78, 5) is 37.1. The van der Waals surface area contributed by atoms with E-state index >= 15 is 0 Å². The Balaban J connectivity index is 2.09. The number of nitrogens with zero attached hydrogens (tertiary/aromatic N) is 1. The van der Waals surface area contributed by atoms with Crippen molar-refractivity contribution < 1.29 is 14.7 Å². The molecule has 0 bridgehead atoms. The number of hydrogen-bond acceptors (Lipinski definition) is 4. The number of thioether (sulfide) groups is 1. The molecule has 0 radical (unpaired) electrons. The zero-order chi connectivity index (χ0) is 20.3. The van der Waals surface area contributed by atoms with E-state index in [0.29, 0.717) is 17.4 Å². The van der Waals surface area contributed by atoms with Crippen LogP contribution in [0.2, 0.25) is 0 Å². The van der Waals surface area contributed by atoms with Crippen LogP contribution in [-0.4, -0.2) is 34.4 Å². The van der Waals surface area contributed by atoms with Crippen molar-refractivity contribution in [1.29, 1.82) is 0 Å². The molecule has 0 aliphatic heterocycles. The zero-order valence-corrected chi connectivity index (χ0v) is 17.3. The molecule has 144 valence electrons. The molecule has 1 aromatic heterocycles. The van der Waals surface area contributed by atoms with Gasteiger partial charge in [0.25, 0.3) is 5.91 Å². The normalized spacial score (nSPS) is 10.8. The summed E-state index contributed by atoms with van der Waals surface area (Å²) in [6, 6.07) is 13.3. The summed E-state index contributed by atoms with van der Waals surface area (Å²) in [7, 11) is 0. The smallest absolute Gasteiger partial charge is 0.322 e. The van der Waals surface area contributed by atoms with Crippen LogP contribution in [0.3, 0.4) is 0 Å². The molecular weight excluding hydrogens is 444 g/mol. The first-order valence-electron chi connectivity index (χ1n) is 8.34. The SMILES string of the molecule is CSc1ccc(Cn2cc(C(=O)NCC(=O)O)c(=O)c3cc(Br)ccc32)cc1. The van der Waals surface area contributed by atoms with Crippen molar-refractivity contribution in [3.8, 4) is 0 Å². The summed E-state index contributed by atoms with van der Waals surface area (Å²) in [5, 5.41) is 11.4. The molecule has 0 fully saturated rings. The third-order valence-electron chi connectivity index (χ3n) is 4.20. The van der Waals surface area contributed by atoms with Gasteiger partial charge < -0.3 is 15.0 Å². The standard InChI is InChI=1S/C20H17BrN2O4S/c1-28-14-5-2-12(3-6-14)10-23-11-16(20(27)22-9-18(24)25)19(26)15-8-13(21)4-7-17(15)23/h2-8,11H,9-10H2,1H3,(H,22,27)(H,24,25). The van der Waals surface area contributed by atoms with Crippen molar-refractivity contribution in [2.75, 3.05) is 12.8 Å². The van der Waals surface area contributed by atoms with Crippen molar-refractivity contribution >= 4 is 50.5 Å². The molecule has 0 unspecified atom stereocenters. The highest BCUT2D eigenvalue weighted by atomic mass is 79.9. The van der Waals surface area contributed by atoms with Crippen molar-refractivity contribution in [3.05, 3.63) is 74.5 Å². The molecule has 28 heavy (non-hydrogen) atoms. The van der Waals surface area contributed by atoms with Crippen LogP contribution in [0.4, 0.5) is 0 Å². The molecule has 0 saturated heterocycles. The van der Waals surface area contributed by atoms with Crippen molar-refractivity contribution in [3.63, 3.8) is 0 Å². The van der Waals surface area contributed by atoms with Gasteiger partial charge in [0.1, 0.15) is 12.1 Å². The topological polar surface area (TPSA) is 88.4 Å². The van der Waals surface area contributed by atoms with Gasteiger partial charge in [-0.15, -0.1) is 11.8 Å². The molecule has 8 heteroatoms. The fourth-order valence-corrected chi connectivity index (χ4v) is 3.61. The van der Waals surface area contributed by atoms with Gasteiger partial charge in [0.05, 0.1) is 5.52 Å². The number of nitrogens with one attached hydrogen (secondary N) is 1. The monoisotopic (exact) mass is 460 g/mol. The van der Waals surface area contributed by atoms with Gasteiger partial charge >= 0.3 is 5.97 Å².